The minimum absolute atomic E-state index is 0.0178. The Bertz CT molecular complexity index is 346. The Kier molecular flexibility index (Phi) is 9.11. The van der Waals surface area contributed by atoms with Gasteiger partial charge in [-0.3, -0.25) is 4.79 Å². The molecule has 0 saturated carbocycles. The summed E-state index contributed by atoms with van der Waals surface area (Å²) in [4.78, 5) is 17.0. The standard InChI is InChI=1S/C20H38N2O2/c1-3-4-5-6-17-24-20(23)8-7-18-9-15-22(16-10-18)19-11-13-21(2)14-12-19/h18-19H,3-17H2,1-2H3. The van der Waals surface area contributed by atoms with Crippen LogP contribution in [0.15, 0.2) is 0 Å². The van der Waals surface area contributed by atoms with Gasteiger partial charge in [0, 0.05) is 12.5 Å². The van der Waals surface area contributed by atoms with Gasteiger partial charge in [-0.05, 0) is 77.7 Å². The van der Waals surface area contributed by atoms with Crippen LogP contribution in [0.2, 0.25) is 0 Å². The number of hydrogen-bond acceptors (Lipinski definition) is 4. The average molecular weight is 339 g/mol. The zero-order chi connectivity index (χ0) is 17.2. The average Bonchev–Trinajstić information content (AvgIpc) is 2.61. The SMILES string of the molecule is CCCCCCOC(=O)CCC1CCN(C2CCN(C)CC2)CC1. The zero-order valence-corrected chi connectivity index (χ0v) is 16.0. The molecule has 2 fully saturated rings. The second-order valence-electron chi connectivity index (χ2n) is 7.83. The molecule has 0 bridgehead atoms. The maximum Gasteiger partial charge on any atom is 0.305 e. The number of rotatable bonds is 9. The first-order valence-corrected chi connectivity index (χ1v) is 10.3. The molecule has 0 aromatic heterocycles. The number of esters is 1. The lowest BCUT2D eigenvalue weighted by atomic mass is 9.90. The summed E-state index contributed by atoms with van der Waals surface area (Å²) in [5.74, 6) is 0.740. The number of nitrogens with zero attached hydrogens (tertiary/aromatic N) is 2. The van der Waals surface area contributed by atoms with E-state index in [1.165, 1.54) is 71.1 Å². The molecule has 0 spiro atoms. The molecule has 2 heterocycles. The first-order valence-electron chi connectivity index (χ1n) is 10.3. The van der Waals surface area contributed by atoms with Crippen molar-refractivity contribution in [1.29, 1.82) is 0 Å². The van der Waals surface area contributed by atoms with Crippen molar-refractivity contribution in [1.82, 2.24) is 9.80 Å². The molecule has 2 rings (SSSR count). The van der Waals surface area contributed by atoms with Crippen molar-refractivity contribution in [2.75, 3.05) is 39.8 Å². The third-order valence-electron chi connectivity index (χ3n) is 5.87. The quantitative estimate of drug-likeness (QED) is 0.474. The Balaban J connectivity index is 1.52. The number of likely N-dealkylation sites (tertiary alicyclic amines) is 2. The minimum Gasteiger partial charge on any atom is -0.466 e. The lowest BCUT2D eigenvalue weighted by Gasteiger charge is -2.41. The lowest BCUT2D eigenvalue weighted by molar-refractivity contribution is -0.144. The Morgan fingerprint density at radius 3 is 2.38 bits per heavy atom. The van der Waals surface area contributed by atoms with Crippen molar-refractivity contribution in [2.45, 2.75) is 77.2 Å². The number of carbonyl (C=O) groups excluding carboxylic acids is 1. The van der Waals surface area contributed by atoms with Crippen molar-refractivity contribution >= 4 is 5.97 Å². The molecule has 4 nitrogen and oxygen atoms in total. The highest BCUT2D eigenvalue weighted by Gasteiger charge is 2.27. The molecule has 4 heteroatoms. The Morgan fingerprint density at radius 1 is 1.00 bits per heavy atom. The lowest BCUT2D eigenvalue weighted by Crippen LogP contribution is -2.46. The topological polar surface area (TPSA) is 32.8 Å². The Hall–Kier alpha value is -0.610. The van der Waals surface area contributed by atoms with Gasteiger partial charge in [-0.1, -0.05) is 26.2 Å². The van der Waals surface area contributed by atoms with Crippen LogP contribution in [0.4, 0.5) is 0 Å². The molecular formula is C20H38N2O2. The van der Waals surface area contributed by atoms with Gasteiger partial charge in [0.05, 0.1) is 6.61 Å². The monoisotopic (exact) mass is 338 g/mol. The van der Waals surface area contributed by atoms with E-state index in [1.54, 1.807) is 0 Å². The van der Waals surface area contributed by atoms with E-state index in [0.29, 0.717) is 13.0 Å². The molecule has 0 atom stereocenters. The van der Waals surface area contributed by atoms with Crippen LogP contribution in [0.3, 0.4) is 0 Å². The summed E-state index contributed by atoms with van der Waals surface area (Å²) in [7, 11) is 2.23. The van der Waals surface area contributed by atoms with Gasteiger partial charge in [-0.2, -0.15) is 0 Å². The summed E-state index contributed by atoms with van der Waals surface area (Å²) in [6.07, 6.45) is 11.5. The molecule has 0 aliphatic carbocycles. The number of unbranched alkanes of at least 4 members (excludes halogenated alkanes) is 3. The van der Waals surface area contributed by atoms with Crippen molar-refractivity contribution in [2.24, 2.45) is 5.92 Å². The molecule has 0 aromatic rings. The van der Waals surface area contributed by atoms with Crippen molar-refractivity contribution in [3.8, 4) is 0 Å². The molecule has 24 heavy (non-hydrogen) atoms. The number of carbonyl (C=O) groups is 1. The van der Waals surface area contributed by atoms with Crippen LogP contribution in [0.25, 0.3) is 0 Å². The molecule has 0 N–H and O–H groups in total. The second-order valence-corrected chi connectivity index (χ2v) is 7.83. The first-order chi connectivity index (χ1) is 11.7. The summed E-state index contributed by atoms with van der Waals surface area (Å²) in [6, 6.07) is 0.801. The fourth-order valence-corrected chi connectivity index (χ4v) is 4.08. The molecule has 0 amide bonds. The van der Waals surface area contributed by atoms with Crippen LogP contribution in [0.5, 0.6) is 0 Å². The fourth-order valence-electron chi connectivity index (χ4n) is 4.08. The molecule has 140 valence electrons. The van der Waals surface area contributed by atoms with Gasteiger partial charge in [0.2, 0.25) is 0 Å². The minimum atomic E-state index is 0.0178. The van der Waals surface area contributed by atoms with Gasteiger partial charge in [-0.25, -0.2) is 0 Å². The zero-order valence-electron chi connectivity index (χ0n) is 16.0. The molecule has 2 aliphatic rings. The smallest absolute Gasteiger partial charge is 0.305 e. The second kappa shape index (κ2) is 11.1. The van der Waals surface area contributed by atoms with Crippen molar-refractivity contribution in [3.63, 3.8) is 0 Å². The summed E-state index contributed by atoms with van der Waals surface area (Å²) < 4.78 is 5.35. The number of ether oxygens (including phenoxy) is 1. The highest BCUT2D eigenvalue weighted by Crippen LogP contribution is 2.26. The van der Waals surface area contributed by atoms with E-state index < -0.39 is 0 Å². The summed E-state index contributed by atoms with van der Waals surface area (Å²) in [5, 5.41) is 0. The Morgan fingerprint density at radius 2 is 1.71 bits per heavy atom. The van der Waals surface area contributed by atoms with Gasteiger partial charge in [0.25, 0.3) is 0 Å². The van der Waals surface area contributed by atoms with Gasteiger partial charge in [0.15, 0.2) is 0 Å². The largest absolute Gasteiger partial charge is 0.466 e. The molecule has 2 saturated heterocycles. The highest BCUT2D eigenvalue weighted by molar-refractivity contribution is 5.69. The van der Waals surface area contributed by atoms with E-state index >= 15 is 0 Å². The summed E-state index contributed by atoms with van der Waals surface area (Å²) in [5.41, 5.74) is 0. The van der Waals surface area contributed by atoms with E-state index in [2.05, 4.69) is 23.8 Å². The van der Waals surface area contributed by atoms with Crippen LogP contribution in [-0.2, 0) is 9.53 Å². The predicted octanol–water partition coefficient (Wildman–Crippen LogP) is 3.70. The van der Waals surface area contributed by atoms with E-state index in [9.17, 15) is 4.79 Å². The summed E-state index contributed by atoms with van der Waals surface area (Å²) >= 11 is 0. The van der Waals surface area contributed by atoms with Crippen LogP contribution in [0, 0.1) is 5.92 Å². The van der Waals surface area contributed by atoms with Gasteiger partial charge in [-0.15, -0.1) is 0 Å². The van der Waals surface area contributed by atoms with Crippen LogP contribution >= 0.6 is 0 Å². The van der Waals surface area contributed by atoms with E-state index in [1.807, 2.05) is 0 Å². The molecule has 0 aromatic carbocycles. The molecule has 0 radical (unpaired) electrons. The third-order valence-corrected chi connectivity index (χ3v) is 5.87. The van der Waals surface area contributed by atoms with Gasteiger partial charge < -0.3 is 14.5 Å². The fraction of sp³-hybridized carbons (Fsp3) is 0.950. The van der Waals surface area contributed by atoms with Gasteiger partial charge >= 0.3 is 5.97 Å². The van der Waals surface area contributed by atoms with Gasteiger partial charge in [0.1, 0.15) is 0 Å². The highest BCUT2D eigenvalue weighted by atomic mass is 16.5. The van der Waals surface area contributed by atoms with E-state index in [4.69, 9.17) is 4.74 Å². The summed E-state index contributed by atoms with van der Waals surface area (Å²) in [6.45, 7) is 7.76. The van der Waals surface area contributed by atoms with Crippen LogP contribution < -0.4 is 0 Å². The predicted molar refractivity (Wildman–Crippen MR) is 99.2 cm³/mol. The molecular weight excluding hydrogens is 300 g/mol. The van der Waals surface area contributed by atoms with Crippen molar-refractivity contribution < 1.29 is 9.53 Å². The first kappa shape index (κ1) is 19.7. The van der Waals surface area contributed by atoms with Crippen LogP contribution in [-0.4, -0.2) is 61.6 Å². The third kappa shape index (κ3) is 7.10. The number of hydrogen-bond donors (Lipinski definition) is 0. The van der Waals surface area contributed by atoms with E-state index in [-0.39, 0.29) is 5.97 Å². The van der Waals surface area contributed by atoms with E-state index in [0.717, 1.165) is 24.8 Å². The van der Waals surface area contributed by atoms with Crippen molar-refractivity contribution in [3.05, 3.63) is 0 Å². The number of piperidine rings is 2. The molecule has 2 aliphatic heterocycles. The molecule has 0 unspecified atom stereocenters. The van der Waals surface area contributed by atoms with Crippen LogP contribution in [0.1, 0.15) is 71.1 Å². The normalized spacial score (nSPS) is 21.9. The maximum atomic E-state index is 11.8. The Labute approximate surface area is 148 Å². The maximum absolute atomic E-state index is 11.8.